The van der Waals surface area contributed by atoms with Crippen LogP contribution in [-0.4, -0.2) is 78.9 Å². The summed E-state index contributed by atoms with van der Waals surface area (Å²) in [5.74, 6) is -1.51. The highest BCUT2D eigenvalue weighted by Gasteiger charge is 2.39. The fourth-order valence-electron chi connectivity index (χ4n) is 5.23. The monoisotopic (exact) mass is 563 g/mol. The van der Waals surface area contributed by atoms with E-state index in [2.05, 4.69) is 15.8 Å². The van der Waals surface area contributed by atoms with Crippen LogP contribution in [0.3, 0.4) is 0 Å². The summed E-state index contributed by atoms with van der Waals surface area (Å²) < 4.78 is 27.7. The molecular formula is C26H37N5O5S2. The Kier molecular flexibility index (Phi) is 9.48. The van der Waals surface area contributed by atoms with Gasteiger partial charge in [-0.25, -0.2) is 13.8 Å². The number of nitrogens with zero attached hydrogens (tertiary/aromatic N) is 3. The van der Waals surface area contributed by atoms with Crippen molar-refractivity contribution in [3.05, 3.63) is 29.8 Å². The topological polar surface area (TPSA) is 128 Å². The third kappa shape index (κ3) is 6.76. The molecule has 1 aromatic carbocycles. The van der Waals surface area contributed by atoms with Crippen LogP contribution in [0.1, 0.15) is 50.5 Å². The molecule has 208 valence electrons. The number of amidine groups is 1. The molecule has 2 N–H and O–H groups in total. The third-order valence-corrected chi connectivity index (χ3v) is 10.6. The molecule has 0 radical (unpaired) electrons. The van der Waals surface area contributed by atoms with E-state index in [4.69, 9.17) is 0 Å². The number of thioether (sulfide) groups is 1. The second-order valence-electron chi connectivity index (χ2n) is 10.3. The van der Waals surface area contributed by atoms with Crippen molar-refractivity contribution >= 4 is 44.6 Å². The average molecular weight is 564 g/mol. The summed E-state index contributed by atoms with van der Waals surface area (Å²) in [5.41, 5.74) is 3.34. The zero-order valence-electron chi connectivity index (χ0n) is 22.0. The summed E-state index contributed by atoms with van der Waals surface area (Å²) >= 11 is 1.49. The van der Waals surface area contributed by atoms with E-state index in [-0.39, 0.29) is 35.7 Å². The minimum atomic E-state index is -3.67. The predicted octanol–water partition coefficient (Wildman–Crippen LogP) is 2.10. The molecule has 2 aliphatic heterocycles. The van der Waals surface area contributed by atoms with Gasteiger partial charge in [-0.05, 0) is 50.7 Å². The molecule has 38 heavy (non-hydrogen) atoms. The molecule has 2 amide bonds. The number of carbonyl (C=O) groups excluding carboxylic acids is 3. The highest BCUT2D eigenvalue weighted by atomic mass is 32.2. The summed E-state index contributed by atoms with van der Waals surface area (Å²) in [6, 6.07) is 5.69. The molecule has 2 heterocycles. The van der Waals surface area contributed by atoms with Crippen molar-refractivity contribution in [2.75, 3.05) is 32.4 Å². The summed E-state index contributed by atoms with van der Waals surface area (Å²) in [5, 5.41) is 7.60. The second kappa shape index (κ2) is 12.6. The van der Waals surface area contributed by atoms with Crippen molar-refractivity contribution in [1.29, 1.82) is 0 Å². The Labute approximate surface area is 229 Å². The quantitative estimate of drug-likeness (QED) is 0.366. The SMILES string of the molecule is Cc1ccc(S(=O)(=O)N2CCC(C(NC(=O)C3CCCCC3)C(=O)C(=O)N/N=C3\SCCN3C)CC2)cc1. The van der Waals surface area contributed by atoms with E-state index >= 15 is 0 Å². The van der Waals surface area contributed by atoms with Crippen molar-refractivity contribution in [3.8, 4) is 0 Å². The molecule has 1 aliphatic carbocycles. The lowest BCUT2D eigenvalue weighted by Crippen LogP contribution is -2.54. The lowest BCUT2D eigenvalue weighted by molar-refractivity contribution is -0.141. The van der Waals surface area contributed by atoms with Gasteiger partial charge in [0.05, 0.1) is 4.90 Å². The minimum Gasteiger partial charge on any atom is -0.352 e. The van der Waals surface area contributed by atoms with Gasteiger partial charge in [-0.3, -0.25) is 14.4 Å². The number of ketones is 1. The maximum atomic E-state index is 13.3. The molecule has 12 heteroatoms. The van der Waals surface area contributed by atoms with Crippen molar-refractivity contribution in [2.24, 2.45) is 16.9 Å². The summed E-state index contributed by atoms with van der Waals surface area (Å²) in [7, 11) is -1.81. The van der Waals surface area contributed by atoms with E-state index in [0.29, 0.717) is 18.0 Å². The van der Waals surface area contributed by atoms with Gasteiger partial charge in [-0.15, -0.1) is 5.10 Å². The van der Waals surface area contributed by atoms with E-state index < -0.39 is 27.8 Å². The highest BCUT2D eigenvalue weighted by Crippen LogP contribution is 2.28. The molecule has 0 spiro atoms. The highest BCUT2D eigenvalue weighted by molar-refractivity contribution is 8.14. The van der Waals surface area contributed by atoms with Gasteiger partial charge in [0.1, 0.15) is 6.04 Å². The summed E-state index contributed by atoms with van der Waals surface area (Å²) in [6.45, 7) is 3.11. The Balaban J connectivity index is 1.46. The smallest absolute Gasteiger partial charge is 0.309 e. The van der Waals surface area contributed by atoms with Crippen LogP contribution in [-0.2, 0) is 24.4 Å². The minimum absolute atomic E-state index is 0.173. The first-order valence-electron chi connectivity index (χ1n) is 13.3. The number of carbonyl (C=O) groups is 3. The van der Waals surface area contributed by atoms with Crippen LogP contribution in [0.25, 0.3) is 0 Å². The Morgan fingerprint density at radius 1 is 1.00 bits per heavy atom. The second-order valence-corrected chi connectivity index (χ2v) is 13.3. The number of rotatable bonds is 8. The van der Waals surface area contributed by atoms with Gasteiger partial charge in [-0.2, -0.15) is 4.31 Å². The van der Waals surface area contributed by atoms with Crippen molar-refractivity contribution in [3.63, 3.8) is 0 Å². The maximum absolute atomic E-state index is 13.3. The fraction of sp³-hybridized carbons (Fsp3) is 0.615. The number of piperidine rings is 1. The molecule has 1 aromatic rings. The van der Waals surface area contributed by atoms with Gasteiger partial charge >= 0.3 is 5.91 Å². The van der Waals surface area contributed by atoms with E-state index in [1.54, 1.807) is 24.3 Å². The van der Waals surface area contributed by atoms with Gasteiger partial charge in [0.25, 0.3) is 0 Å². The molecule has 10 nitrogen and oxygen atoms in total. The summed E-state index contributed by atoms with van der Waals surface area (Å²) in [4.78, 5) is 41.4. The number of hydrogen-bond acceptors (Lipinski definition) is 7. The van der Waals surface area contributed by atoms with Crippen LogP contribution in [0.15, 0.2) is 34.3 Å². The standard InChI is InChI=1S/C26H37N5O5S2/c1-18-8-10-21(11-9-18)38(35,36)31-14-12-19(13-15-31)22(27-24(33)20-6-4-3-5-7-20)23(32)25(34)28-29-26-30(2)16-17-37-26/h8-11,19-20,22H,3-7,12-17H2,1-2H3,(H,27,33)(H,28,34)/b29-26-. The molecular weight excluding hydrogens is 526 g/mol. The third-order valence-electron chi connectivity index (χ3n) is 7.65. The van der Waals surface area contributed by atoms with Gasteiger partial charge < -0.3 is 10.2 Å². The van der Waals surface area contributed by atoms with Gasteiger partial charge in [0.2, 0.25) is 21.7 Å². The zero-order valence-corrected chi connectivity index (χ0v) is 23.7. The number of aryl methyl sites for hydroxylation is 1. The van der Waals surface area contributed by atoms with Crippen molar-refractivity contribution < 1.29 is 22.8 Å². The summed E-state index contributed by atoms with van der Waals surface area (Å²) in [6.07, 6.45) is 5.27. The molecule has 1 saturated carbocycles. The molecule has 1 unspecified atom stereocenters. The van der Waals surface area contributed by atoms with E-state index in [9.17, 15) is 22.8 Å². The van der Waals surface area contributed by atoms with E-state index in [0.717, 1.165) is 50.0 Å². The molecule has 3 aliphatic rings. The van der Waals surface area contributed by atoms with Crippen molar-refractivity contribution in [1.82, 2.24) is 19.9 Å². The van der Waals surface area contributed by atoms with Crippen LogP contribution in [0.4, 0.5) is 0 Å². The number of benzene rings is 1. The first-order chi connectivity index (χ1) is 18.2. The Morgan fingerprint density at radius 3 is 2.26 bits per heavy atom. The molecule has 4 rings (SSSR count). The van der Waals surface area contributed by atoms with E-state index in [1.807, 2.05) is 18.9 Å². The van der Waals surface area contributed by atoms with Gasteiger partial charge in [0, 0.05) is 38.4 Å². The largest absolute Gasteiger partial charge is 0.352 e. The van der Waals surface area contributed by atoms with E-state index in [1.165, 1.54) is 16.1 Å². The number of hydrogen-bond donors (Lipinski definition) is 2. The first-order valence-corrected chi connectivity index (χ1v) is 15.7. The van der Waals surface area contributed by atoms with Crippen LogP contribution in [0, 0.1) is 18.8 Å². The normalized spacial score (nSPS) is 21.8. The molecule has 0 aromatic heterocycles. The van der Waals surface area contributed by atoms with Gasteiger partial charge in [0.15, 0.2) is 5.17 Å². The lowest BCUT2D eigenvalue weighted by atomic mass is 9.85. The number of nitrogens with one attached hydrogen (secondary N) is 2. The van der Waals surface area contributed by atoms with Gasteiger partial charge in [-0.1, -0.05) is 48.7 Å². The molecule has 1 atom stereocenters. The number of sulfonamides is 1. The number of amides is 2. The van der Waals surface area contributed by atoms with Crippen LogP contribution in [0.5, 0.6) is 0 Å². The van der Waals surface area contributed by atoms with Crippen molar-refractivity contribution in [2.45, 2.75) is 62.8 Å². The predicted molar refractivity (Wildman–Crippen MR) is 147 cm³/mol. The maximum Gasteiger partial charge on any atom is 0.309 e. The Morgan fingerprint density at radius 2 is 1.66 bits per heavy atom. The Bertz CT molecular complexity index is 1160. The van der Waals surface area contributed by atoms with Crippen LogP contribution in [0.2, 0.25) is 0 Å². The number of Topliss-reactive ketones (excluding diaryl/α,β-unsaturated/α-hetero) is 1. The zero-order chi connectivity index (χ0) is 27.3. The number of hydrazone groups is 1. The fourth-order valence-corrected chi connectivity index (χ4v) is 7.67. The first kappa shape index (κ1) is 28.6. The Hall–Kier alpha value is -2.44. The van der Waals surface area contributed by atoms with Crippen LogP contribution >= 0.6 is 11.8 Å². The molecule has 0 bridgehead atoms. The molecule has 2 saturated heterocycles. The molecule has 3 fully saturated rings. The lowest BCUT2D eigenvalue weighted by Gasteiger charge is -2.35. The average Bonchev–Trinajstić information content (AvgIpc) is 3.35. The van der Waals surface area contributed by atoms with Crippen LogP contribution < -0.4 is 10.7 Å².